The van der Waals surface area contributed by atoms with Gasteiger partial charge in [0.05, 0.1) is 17.5 Å². The highest BCUT2D eigenvalue weighted by molar-refractivity contribution is 6.04. The van der Waals surface area contributed by atoms with Crippen LogP contribution < -0.4 is 5.84 Å². The predicted molar refractivity (Wildman–Crippen MR) is 127 cm³/mol. The van der Waals surface area contributed by atoms with E-state index in [0.717, 1.165) is 10.2 Å². The number of amides is 4. The van der Waals surface area contributed by atoms with E-state index in [4.69, 9.17) is 10.7 Å². The molecule has 15 nitrogen and oxygen atoms in total. The van der Waals surface area contributed by atoms with Crippen LogP contribution in [0.5, 0.6) is 0 Å². The molecule has 196 valence electrons. The van der Waals surface area contributed by atoms with E-state index in [2.05, 4.69) is 15.5 Å². The first-order valence-corrected chi connectivity index (χ1v) is 11.7. The number of hydrogen-bond donors (Lipinski definition) is 1. The smallest absolute Gasteiger partial charge is 0.309 e. The number of aromatic nitrogens is 4. The van der Waals surface area contributed by atoms with Crippen LogP contribution in [0.25, 0.3) is 0 Å². The fourth-order valence-electron chi connectivity index (χ4n) is 4.50. The summed E-state index contributed by atoms with van der Waals surface area (Å²) in [6, 6.07) is 13.4. The van der Waals surface area contributed by atoms with Gasteiger partial charge in [-0.3, -0.25) is 24.5 Å². The third-order valence-corrected chi connectivity index (χ3v) is 6.48. The van der Waals surface area contributed by atoms with E-state index in [0.29, 0.717) is 23.4 Å². The van der Waals surface area contributed by atoms with Crippen LogP contribution in [0.3, 0.4) is 0 Å². The lowest BCUT2D eigenvalue weighted by molar-refractivity contribution is -0.384. The number of urea groups is 1. The number of imide groups is 1. The van der Waals surface area contributed by atoms with Gasteiger partial charge in [-0.15, -0.1) is 5.10 Å². The van der Waals surface area contributed by atoms with Crippen molar-refractivity contribution in [2.24, 2.45) is 5.84 Å². The number of hydroxylamine groups is 2. The maximum atomic E-state index is 13.2. The first-order valence-electron chi connectivity index (χ1n) is 11.7. The Balaban J connectivity index is 1.24. The topological polar surface area (TPSA) is 183 Å². The molecule has 2 saturated heterocycles. The number of benzene rings is 2. The number of non-ortho nitro benzene ring substituents is 1. The predicted octanol–water partition coefficient (Wildman–Crippen LogP) is 0.873. The highest BCUT2D eigenvalue weighted by Gasteiger charge is 2.49. The molecule has 1 aromatic heterocycles. The first-order chi connectivity index (χ1) is 18.3. The molecule has 2 aliphatic rings. The molecule has 2 N–H and O–H groups in total. The summed E-state index contributed by atoms with van der Waals surface area (Å²) < 4.78 is 1.13. The lowest BCUT2D eigenvalue weighted by atomic mass is 10.00. The number of carbonyl (C=O) groups is 3. The summed E-state index contributed by atoms with van der Waals surface area (Å²) in [5.74, 6) is 3.90. The largest absolute Gasteiger partial charge is 0.345 e. The Morgan fingerprint density at radius 1 is 1.11 bits per heavy atom. The highest BCUT2D eigenvalue weighted by Crippen LogP contribution is 2.31. The molecule has 0 saturated carbocycles. The number of hydrazine groups is 1. The Kier molecular flexibility index (Phi) is 6.76. The van der Waals surface area contributed by atoms with Gasteiger partial charge in [-0.05, 0) is 34.4 Å². The van der Waals surface area contributed by atoms with Gasteiger partial charge in [-0.1, -0.05) is 42.5 Å². The Bertz CT molecular complexity index is 1360. The number of tetrazole rings is 1. The van der Waals surface area contributed by atoms with Gasteiger partial charge >= 0.3 is 11.9 Å². The van der Waals surface area contributed by atoms with Gasteiger partial charge in [0.25, 0.3) is 11.6 Å². The first kappa shape index (κ1) is 24.9. The number of carbonyl (C=O) groups excluding carboxylic acids is 3. The van der Waals surface area contributed by atoms with E-state index in [9.17, 15) is 24.5 Å². The maximum Gasteiger partial charge on any atom is 0.345 e. The average Bonchev–Trinajstić information content (AvgIpc) is 3.49. The van der Waals surface area contributed by atoms with Crippen LogP contribution in [0.2, 0.25) is 0 Å². The minimum absolute atomic E-state index is 0.0114. The normalized spacial score (nSPS) is 18.5. The quantitative estimate of drug-likeness (QED) is 0.147. The van der Waals surface area contributed by atoms with Gasteiger partial charge in [-0.2, -0.15) is 5.06 Å². The molecular weight excluding hydrogens is 498 g/mol. The van der Waals surface area contributed by atoms with E-state index < -0.39 is 28.8 Å². The molecule has 3 heterocycles. The molecule has 2 aliphatic heterocycles. The lowest BCUT2D eigenvalue weighted by Crippen LogP contribution is -2.55. The number of rotatable bonds is 8. The molecule has 0 unspecified atom stereocenters. The summed E-state index contributed by atoms with van der Waals surface area (Å²) in [6.07, 6.45) is 0.794. The number of fused-ring (bicyclic) bond motifs is 2. The van der Waals surface area contributed by atoms with Crippen LogP contribution in [-0.2, 0) is 22.8 Å². The van der Waals surface area contributed by atoms with E-state index in [1.807, 2.05) is 30.3 Å². The zero-order chi connectivity index (χ0) is 26.8. The molecule has 3 aromatic rings. The number of nitro groups is 1. The molecule has 2 atom stereocenters. The van der Waals surface area contributed by atoms with Gasteiger partial charge in [-0.25, -0.2) is 20.3 Å². The van der Waals surface area contributed by atoms with Crippen molar-refractivity contribution in [1.29, 1.82) is 0 Å². The fraction of sp³-hybridized carbons (Fsp3) is 0.304. The molecule has 0 spiro atoms. The molecule has 2 bridgehead atoms. The molecule has 0 aliphatic carbocycles. The van der Waals surface area contributed by atoms with Gasteiger partial charge in [0.1, 0.15) is 12.6 Å². The molecule has 5 rings (SSSR count). The monoisotopic (exact) mass is 521 g/mol. The third kappa shape index (κ3) is 4.79. The SMILES string of the molecule is NN(C(=O)c1nnnn1Cc1ccc([N+](=O)[O-])cc1)C(=O)[C@@H]1CC[C@@H]2CN1C(=O)N2OCc1ccccc1. The van der Waals surface area contributed by atoms with Crippen LogP contribution in [-0.4, -0.2) is 76.6 Å². The van der Waals surface area contributed by atoms with Crippen molar-refractivity contribution in [3.63, 3.8) is 0 Å². The molecule has 0 radical (unpaired) electrons. The van der Waals surface area contributed by atoms with E-state index >= 15 is 0 Å². The van der Waals surface area contributed by atoms with Crippen LogP contribution in [0.1, 0.15) is 34.6 Å². The summed E-state index contributed by atoms with van der Waals surface area (Å²) in [4.78, 5) is 56.7. The van der Waals surface area contributed by atoms with Crippen LogP contribution >= 0.6 is 0 Å². The fourth-order valence-corrected chi connectivity index (χ4v) is 4.50. The molecular formula is C23H23N9O6. The van der Waals surface area contributed by atoms with Crippen molar-refractivity contribution in [3.05, 3.63) is 81.7 Å². The summed E-state index contributed by atoms with van der Waals surface area (Å²) >= 11 is 0. The maximum absolute atomic E-state index is 13.2. The second kappa shape index (κ2) is 10.3. The second-order valence-corrected chi connectivity index (χ2v) is 8.86. The number of hydrogen-bond acceptors (Lipinski definition) is 10. The Morgan fingerprint density at radius 3 is 2.55 bits per heavy atom. The number of piperidine rings is 1. The van der Waals surface area contributed by atoms with Crippen molar-refractivity contribution in [3.8, 4) is 0 Å². The zero-order valence-electron chi connectivity index (χ0n) is 20.0. The van der Waals surface area contributed by atoms with Gasteiger partial charge in [0.15, 0.2) is 0 Å². The molecule has 4 amide bonds. The van der Waals surface area contributed by atoms with Crippen LogP contribution in [0.15, 0.2) is 54.6 Å². The lowest BCUT2D eigenvalue weighted by Gasteiger charge is -2.31. The average molecular weight is 521 g/mol. The summed E-state index contributed by atoms with van der Waals surface area (Å²) in [5.41, 5.74) is 1.40. The van der Waals surface area contributed by atoms with Crippen molar-refractivity contribution < 1.29 is 24.1 Å². The Hall–Kier alpha value is -4.76. The Morgan fingerprint density at radius 2 is 1.84 bits per heavy atom. The van der Waals surface area contributed by atoms with E-state index in [-0.39, 0.29) is 37.3 Å². The standard InChI is InChI=1S/C23H23N9O6/c24-30(22(34)20-25-26-27-29(20)12-15-6-8-17(9-7-15)32(36)37)21(33)19-11-10-18-13-28(19)23(35)31(18)38-14-16-4-2-1-3-5-16/h1-9,18-19H,10-14,24H2/t18-,19+/m1/s1. The van der Waals surface area contributed by atoms with Gasteiger partial charge in [0, 0.05) is 18.7 Å². The number of nitrogens with two attached hydrogens (primary N) is 1. The zero-order valence-corrected chi connectivity index (χ0v) is 20.0. The highest BCUT2D eigenvalue weighted by atomic mass is 16.7. The van der Waals surface area contributed by atoms with Crippen molar-refractivity contribution in [2.45, 2.75) is 38.1 Å². The van der Waals surface area contributed by atoms with Gasteiger partial charge in [0.2, 0.25) is 5.82 Å². The minimum atomic E-state index is -0.951. The van der Waals surface area contributed by atoms with Crippen molar-refractivity contribution in [2.75, 3.05) is 6.54 Å². The van der Waals surface area contributed by atoms with Crippen molar-refractivity contribution in [1.82, 2.24) is 35.2 Å². The molecule has 2 aromatic carbocycles. The third-order valence-electron chi connectivity index (χ3n) is 6.48. The minimum Gasteiger partial charge on any atom is -0.309 e. The summed E-state index contributed by atoms with van der Waals surface area (Å²) in [6.45, 7) is 0.482. The van der Waals surface area contributed by atoms with Gasteiger partial charge < -0.3 is 4.90 Å². The molecule has 15 heteroatoms. The number of nitrogens with zero attached hydrogens (tertiary/aromatic N) is 8. The summed E-state index contributed by atoms with van der Waals surface area (Å²) in [7, 11) is 0. The number of nitro benzene ring substituents is 1. The summed E-state index contributed by atoms with van der Waals surface area (Å²) in [5, 5.41) is 23.5. The molecule has 38 heavy (non-hydrogen) atoms. The second-order valence-electron chi connectivity index (χ2n) is 8.86. The molecule has 2 fully saturated rings. The van der Waals surface area contributed by atoms with E-state index in [1.165, 1.54) is 34.2 Å². The Labute approximate surface area is 215 Å². The van der Waals surface area contributed by atoms with Crippen LogP contribution in [0, 0.1) is 10.1 Å². The van der Waals surface area contributed by atoms with Crippen LogP contribution in [0.4, 0.5) is 10.5 Å². The van der Waals surface area contributed by atoms with Crippen molar-refractivity contribution >= 4 is 23.5 Å². The van der Waals surface area contributed by atoms with E-state index in [1.54, 1.807) is 0 Å².